The second-order valence-corrected chi connectivity index (χ2v) is 9.71. The Morgan fingerprint density at radius 1 is 1.00 bits per heavy atom. The second-order valence-electron chi connectivity index (χ2n) is 9.71. The van der Waals surface area contributed by atoms with Crippen molar-refractivity contribution in [3.8, 4) is 0 Å². The number of piperidine rings is 1. The van der Waals surface area contributed by atoms with Gasteiger partial charge in [-0.1, -0.05) is 26.7 Å². The zero-order valence-electron chi connectivity index (χ0n) is 19.6. The highest BCUT2D eigenvalue weighted by atomic mass is 16.5. The third-order valence-corrected chi connectivity index (χ3v) is 7.68. The fourth-order valence-electron chi connectivity index (χ4n) is 5.22. The van der Waals surface area contributed by atoms with Crippen LogP contribution in [0, 0.1) is 11.3 Å². The molecule has 3 fully saturated rings. The molecule has 3 aliphatic heterocycles. The average Bonchev–Trinajstić information content (AvgIpc) is 2.81. The second kappa shape index (κ2) is 12.2. The lowest BCUT2D eigenvalue weighted by molar-refractivity contribution is -0.140. The number of amides is 2. The Balaban J connectivity index is 1.71. The van der Waals surface area contributed by atoms with Gasteiger partial charge in [-0.3, -0.25) is 9.59 Å². The Morgan fingerprint density at radius 3 is 2.39 bits per heavy atom. The molecule has 0 bridgehead atoms. The van der Waals surface area contributed by atoms with Crippen LogP contribution in [0.3, 0.4) is 0 Å². The monoisotopic (exact) mass is 437 g/mol. The van der Waals surface area contributed by atoms with Crippen LogP contribution in [0.4, 0.5) is 0 Å². The van der Waals surface area contributed by atoms with Crippen molar-refractivity contribution < 1.29 is 19.1 Å². The molecule has 1 spiro atoms. The third-order valence-electron chi connectivity index (χ3n) is 7.68. The van der Waals surface area contributed by atoms with Gasteiger partial charge in [0, 0.05) is 39.0 Å². The van der Waals surface area contributed by atoms with Crippen LogP contribution in [0.15, 0.2) is 0 Å². The minimum atomic E-state index is -0.466. The predicted octanol–water partition coefficient (Wildman–Crippen LogP) is 2.49. The van der Waals surface area contributed by atoms with Crippen LogP contribution in [-0.4, -0.2) is 74.9 Å². The summed E-state index contributed by atoms with van der Waals surface area (Å²) in [4.78, 5) is 29.1. The van der Waals surface area contributed by atoms with Crippen LogP contribution in [-0.2, 0) is 19.1 Å². The van der Waals surface area contributed by atoms with Crippen LogP contribution in [0.5, 0.6) is 0 Å². The van der Waals surface area contributed by atoms with Gasteiger partial charge < -0.3 is 25.0 Å². The van der Waals surface area contributed by atoms with E-state index in [0.29, 0.717) is 19.2 Å². The Hall–Kier alpha value is -1.18. The molecule has 7 heteroatoms. The first-order valence-electron chi connectivity index (χ1n) is 12.5. The number of hydrogen-bond donors (Lipinski definition) is 2. The summed E-state index contributed by atoms with van der Waals surface area (Å²) < 4.78 is 11.3. The van der Waals surface area contributed by atoms with Crippen LogP contribution < -0.4 is 10.6 Å². The number of carbonyl (C=O) groups excluding carboxylic acids is 2. The van der Waals surface area contributed by atoms with Crippen molar-refractivity contribution in [3.05, 3.63) is 0 Å². The van der Waals surface area contributed by atoms with E-state index >= 15 is 0 Å². The highest BCUT2D eigenvalue weighted by molar-refractivity contribution is 5.90. The number of hydrogen-bond acceptors (Lipinski definition) is 5. The fourth-order valence-corrected chi connectivity index (χ4v) is 5.22. The Labute approximate surface area is 188 Å². The van der Waals surface area contributed by atoms with Gasteiger partial charge in [-0.15, -0.1) is 0 Å². The van der Waals surface area contributed by atoms with Crippen LogP contribution in [0.2, 0.25) is 0 Å². The number of rotatable bonds is 3. The van der Waals surface area contributed by atoms with Gasteiger partial charge in [-0.2, -0.15) is 0 Å². The van der Waals surface area contributed by atoms with E-state index in [1.165, 1.54) is 0 Å². The fraction of sp³-hybridized carbons (Fsp3) is 0.917. The first kappa shape index (κ1) is 24.5. The number of likely N-dealkylation sites (tertiary alicyclic amines) is 1. The lowest BCUT2D eigenvalue weighted by Crippen LogP contribution is -2.57. The molecule has 0 saturated carbocycles. The van der Waals surface area contributed by atoms with Gasteiger partial charge in [0.05, 0.1) is 5.41 Å². The molecular weight excluding hydrogens is 394 g/mol. The molecule has 0 radical (unpaired) electrons. The SMILES string of the molecule is CC[C@H](C)[C@@H]1NC(=O)C2(CCCCOCCCNC1=O)CCN(C1CCOCC1)CC2. The molecule has 3 aliphatic rings. The van der Waals surface area contributed by atoms with Gasteiger partial charge in [0.1, 0.15) is 6.04 Å². The molecule has 7 nitrogen and oxygen atoms in total. The van der Waals surface area contributed by atoms with E-state index in [-0.39, 0.29) is 23.1 Å². The van der Waals surface area contributed by atoms with Gasteiger partial charge in [0.2, 0.25) is 11.8 Å². The Kier molecular flexibility index (Phi) is 9.60. The van der Waals surface area contributed by atoms with Gasteiger partial charge in [0.25, 0.3) is 0 Å². The summed E-state index contributed by atoms with van der Waals surface area (Å²) in [5, 5.41) is 6.22. The normalized spacial score (nSPS) is 29.0. The molecule has 0 aromatic carbocycles. The predicted molar refractivity (Wildman–Crippen MR) is 121 cm³/mol. The summed E-state index contributed by atoms with van der Waals surface area (Å²) in [6.45, 7) is 9.72. The van der Waals surface area contributed by atoms with E-state index in [0.717, 1.165) is 90.7 Å². The quantitative estimate of drug-likeness (QED) is 0.709. The highest BCUT2D eigenvalue weighted by Crippen LogP contribution is 2.38. The minimum Gasteiger partial charge on any atom is -0.381 e. The van der Waals surface area contributed by atoms with E-state index in [2.05, 4.69) is 29.4 Å². The summed E-state index contributed by atoms with van der Waals surface area (Å²) in [5.41, 5.74) is -0.377. The van der Waals surface area contributed by atoms with Gasteiger partial charge in [-0.25, -0.2) is 0 Å². The van der Waals surface area contributed by atoms with Crippen LogP contribution in [0.1, 0.15) is 71.6 Å². The smallest absolute Gasteiger partial charge is 0.242 e. The topological polar surface area (TPSA) is 79.9 Å². The van der Waals surface area contributed by atoms with Crippen LogP contribution >= 0.6 is 0 Å². The van der Waals surface area contributed by atoms with Crippen molar-refractivity contribution in [3.63, 3.8) is 0 Å². The molecule has 3 rings (SSSR count). The van der Waals surface area contributed by atoms with Crippen molar-refractivity contribution in [1.29, 1.82) is 0 Å². The van der Waals surface area contributed by atoms with E-state index in [1.807, 2.05) is 0 Å². The molecular formula is C24H43N3O4. The summed E-state index contributed by atoms with van der Waals surface area (Å²) in [5.74, 6) is 0.125. The highest BCUT2D eigenvalue weighted by Gasteiger charge is 2.43. The van der Waals surface area contributed by atoms with Gasteiger partial charge in [0.15, 0.2) is 0 Å². The summed E-state index contributed by atoms with van der Waals surface area (Å²) in [7, 11) is 0. The van der Waals surface area contributed by atoms with Crippen molar-refractivity contribution in [1.82, 2.24) is 15.5 Å². The molecule has 2 amide bonds. The Bertz CT molecular complexity index is 571. The molecule has 0 aromatic heterocycles. The maximum atomic E-state index is 13.7. The molecule has 2 atom stereocenters. The lowest BCUT2D eigenvalue weighted by Gasteiger charge is -2.45. The molecule has 3 heterocycles. The van der Waals surface area contributed by atoms with E-state index in [9.17, 15) is 9.59 Å². The van der Waals surface area contributed by atoms with Crippen molar-refractivity contribution in [2.24, 2.45) is 11.3 Å². The van der Waals surface area contributed by atoms with E-state index in [4.69, 9.17) is 9.47 Å². The molecule has 178 valence electrons. The number of nitrogens with zero attached hydrogens (tertiary/aromatic N) is 1. The summed E-state index contributed by atoms with van der Waals surface area (Å²) in [6, 6.07) is 0.117. The zero-order chi connectivity index (χ0) is 22.1. The summed E-state index contributed by atoms with van der Waals surface area (Å²) >= 11 is 0. The van der Waals surface area contributed by atoms with Gasteiger partial charge in [-0.05, 0) is 64.0 Å². The number of ether oxygens (including phenoxy) is 2. The largest absolute Gasteiger partial charge is 0.381 e. The van der Waals surface area contributed by atoms with Gasteiger partial charge >= 0.3 is 0 Å². The van der Waals surface area contributed by atoms with Crippen molar-refractivity contribution in [2.45, 2.75) is 83.7 Å². The molecule has 31 heavy (non-hydrogen) atoms. The number of nitrogens with one attached hydrogen (secondary N) is 2. The maximum absolute atomic E-state index is 13.7. The first-order valence-corrected chi connectivity index (χ1v) is 12.5. The maximum Gasteiger partial charge on any atom is 0.242 e. The van der Waals surface area contributed by atoms with Crippen molar-refractivity contribution in [2.75, 3.05) is 46.1 Å². The van der Waals surface area contributed by atoms with E-state index in [1.54, 1.807) is 0 Å². The third kappa shape index (κ3) is 6.65. The minimum absolute atomic E-state index is 0.0606. The zero-order valence-corrected chi connectivity index (χ0v) is 19.6. The molecule has 3 saturated heterocycles. The summed E-state index contributed by atoms with van der Waals surface area (Å²) in [6.07, 6.45) is 8.42. The lowest BCUT2D eigenvalue weighted by atomic mass is 9.73. The standard InChI is InChI=1S/C24H43N3O4/c1-3-19(2)21-22(28)25-12-6-16-30-15-5-4-9-24(23(29)26-21)10-13-27(14-11-24)20-7-17-31-18-8-20/h19-21H,3-18H2,1-2H3,(H,25,28)(H,26,29)/t19-,21-/m0/s1. The van der Waals surface area contributed by atoms with Crippen LogP contribution in [0.25, 0.3) is 0 Å². The van der Waals surface area contributed by atoms with Crippen molar-refractivity contribution >= 4 is 11.8 Å². The Morgan fingerprint density at radius 2 is 1.68 bits per heavy atom. The molecule has 0 aromatic rings. The first-order chi connectivity index (χ1) is 15.1. The molecule has 0 aliphatic carbocycles. The number of carbonyl (C=O) groups is 2. The average molecular weight is 438 g/mol. The molecule has 0 unspecified atom stereocenters. The van der Waals surface area contributed by atoms with E-state index < -0.39 is 6.04 Å². The molecule has 2 N–H and O–H groups in total.